The lowest BCUT2D eigenvalue weighted by molar-refractivity contribution is -0.114. The van der Waals surface area contributed by atoms with Crippen molar-refractivity contribution in [1.82, 2.24) is 4.98 Å². The molecule has 0 saturated heterocycles. The summed E-state index contributed by atoms with van der Waals surface area (Å²) in [5, 5.41) is 14.3. The maximum Gasteiger partial charge on any atom is 0.243 e. The number of carbonyl (C=O) groups is 1. The van der Waals surface area contributed by atoms with Gasteiger partial charge in [-0.05, 0) is 40.2 Å². The van der Waals surface area contributed by atoms with Gasteiger partial charge in [0.15, 0.2) is 0 Å². The zero-order valence-corrected chi connectivity index (χ0v) is 12.0. The van der Waals surface area contributed by atoms with E-state index >= 15 is 0 Å². The van der Waals surface area contributed by atoms with Crippen molar-refractivity contribution in [3.05, 3.63) is 52.6 Å². The smallest absolute Gasteiger partial charge is 0.243 e. The van der Waals surface area contributed by atoms with Crippen molar-refractivity contribution < 1.29 is 4.79 Å². The average molecular weight is 331 g/mol. The summed E-state index contributed by atoms with van der Waals surface area (Å²) in [5.74, 6) is 0.370. The molecule has 6 heteroatoms. The summed E-state index contributed by atoms with van der Waals surface area (Å²) in [6.45, 7) is 0.0975. The summed E-state index contributed by atoms with van der Waals surface area (Å²) in [6.07, 6.45) is 1.45. The largest absolute Gasteiger partial charge is 0.361 e. The standard InChI is InChI=1S/C14H11BrN4O/c15-11-3-1-2-4-12(11)19-14(20)9-18-13-6-5-10(7-16)8-17-13/h1-6,8H,9H2,(H,17,18)(H,19,20). The van der Waals surface area contributed by atoms with E-state index in [1.807, 2.05) is 30.3 Å². The molecule has 0 atom stereocenters. The maximum atomic E-state index is 11.8. The Morgan fingerprint density at radius 1 is 1.30 bits per heavy atom. The first kappa shape index (κ1) is 14.0. The van der Waals surface area contributed by atoms with Gasteiger partial charge >= 0.3 is 0 Å². The number of nitriles is 1. The minimum atomic E-state index is -0.178. The Hall–Kier alpha value is -2.39. The predicted molar refractivity (Wildman–Crippen MR) is 80.2 cm³/mol. The van der Waals surface area contributed by atoms with Crippen LogP contribution in [0.15, 0.2) is 47.1 Å². The molecule has 0 aliphatic carbocycles. The van der Waals surface area contributed by atoms with Crippen LogP contribution in [0.3, 0.4) is 0 Å². The van der Waals surface area contributed by atoms with E-state index in [2.05, 4.69) is 31.5 Å². The van der Waals surface area contributed by atoms with Gasteiger partial charge < -0.3 is 10.6 Å². The fourth-order valence-corrected chi connectivity index (χ4v) is 1.88. The average Bonchev–Trinajstić information content (AvgIpc) is 2.48. The lowest BCUT2D eigenvalue weighted by Crippen LogP contribution is -2.22. The highest BCUT2D eigenvalue weighted by Crippen LogP contribution is 2.20. The van der Waals surface area contributed by atoms with Gasteiger partial charge in [0.05, 0.1) is 17.8 Å². The van der Waals surface area contributed by atoms with Crippen LogP contribution in [-0.2, 0) is 4.79 Å². The number of para-hydroxylation sites is 1. The molecule has 2 aromatic rings. The zero-order chi connectivity index (χ0) is 14.4. The molecule has 0 bridgehead atoms. The van der Waals surface area contributed by atoms with Crippen LogP contribution in [0.2, 0.25) is 0 Å². The van der Waals surface area contributed by atoms with Crippen molar-refractivity contribution in [3.8, 4) is 6.07 Å². The van der Waals surface area contributed by atoms with E-state index in [0.29, 0.717) is 17.1 Å². The Balaban J connectivity index is 1.89. The second kappa shape index (κ2) is 6.68. The minimum absolute atomic E-state index is 0.0975. The van der Waals surface area contributed by atoms with Crippen LogP contribution in [0.25, 0.3) is 0 Å². The van der Waals surface area contributed by atoms with Crippen LogP contribution in [0.5, 0.6) is 0 Å². The number of halogens is 1. The molecule has 0 aliphatic rings. The molecule has 1 aromatic heterocycles. The molecule has 2 N–H and O–H groups in total. The van der Waals surface area contributed by atoms with Gasteiger partial charge in [-0.2, -0.15) is 5.26 Å². The van der Waals surface area contributed by atoms with Crippen LogP contribution in [0.4, 0.5) is 11.5 Å². The number of benzene rings is 1. The van der Waals surface area contributed by atoms with E-state index in [1.54, 1.807) is 12.1 Å². The molecule has 20 heavy (non-hydrogen) atoms. The van der Waals surface area contributed by atoms with Gasteiger partial charge in [-0.3, -0.25) is 4.79 Å². The number of nitrogens with zero attached hydrogens (tertiary/aromatic N) is 2. The van der Waals surface area contributed by atoms with Crippen LogP contribution in [0, 0.1) is 11.3 Å². The Kier molecular flexibility index (Phi) is 4.69. The van der Waals surface area contributed by atoms with E-state index in [1.165, 1.54) is 6.20 Å². The SMILES string of the molecule is N#Cc1ccc(NCC(=O)Nc2ccccc2Br)nc1. The molecule has 1 heterocycles. The normalized spacial score (nSPS) is 9.60. The second-order valence-electron chi connectivity index (χ2n) is 3.93. The summed E-state index contributed by atoms with van der Waals surface area (Å²) in [5.41, 5.74) is 1.19. The second-order valence-corrected chi connectivity index (χ2v) is 4.78. The van der Waals surface area contributed by atoms with Gasteiger partial charge in [0.2, 0.25) is 5.91 Å². The molecule has 0 spiro atoms. The lowest BCUT2D eigenvalue weighted by atomic mass is 10.3. The van der Waals surface area contributed by atoms with Crippen molar-refractivity contribution in [1.29, 1.82) is 5.26 Å². The number of anilines is 2. The summed E-state index contributed by atoms with van der Waals surface area (Å²) in [7, 11) is 0. The highest BCUT2D eigenvalue weighted by molar-refractivity contribution is 9.10. The van der Waals surface area contributed by atoms with E-state index in [4.69, 9.17) is 5.26 Å². The first-order valence-corrected chi connectivity index (χ1v) is 6.63. The van der Waals surface area contributed by atoms with E-state index in [-0.39, 0.29) is 12.5 Å². The van der Waals surface area contributed by atoms with Gasteiger partial charge in [-0.15, -0.1) is 0 Å². The first-order valence-electron chi connectivity index (χ1n) is 5.83. The molecule has 0 unspecified atom stereocenters. The monoisotopic (exact) mass is 330 g/mol. The summed E-state index contributed by atoms with van der Waals surface area (Å²) < 4.78 is 0.824. The third kappa shape index (κ3) is 3.80. The van der Waals surface area contributed by atoms with Crippen molar-refractivity contribution in [2.75, 3.05) is 17.2 Å². The third-order valence-electron chi connectivity index (χ3n) is 2.47. The number of carbonyl (C=O) groups excluding carboxylic acids is 1. The lowest BCUT2D eigenvalue weighted by Gasteiger charge is -2.08. The molecule has 5 nitrogen and oxygen atoms in total. The van der Waals surface area contributed by atoms with Crippen molar-refractivity contribution >= 4 is 33.3 Å². The number of rotatable bonds is 4. The Labute approximate surface area is 124 Å². The van der Waals surface area contributed by atoms with E-state index in [0.717, 1.165) is 4.47 Å². The van der Waals surface area contributed by atoms with E-state index < -0.39 is 0 Å². The summed E-state index contributed by atoms with van der Waals surface area (Å²) in [4.78, 5) is 15.8. The van der Waals surface area contributed by atoms with Crippen molar-refractivity contribution in [2.45, 2.75) is 0 Å². The highest BCUT2D eigenvalue weighted by Gasteiger charge is 2.05. The number of hydrogen-bond acceptors (Lipinski definition) is 4. The molecule has 0 aliphatic heterocycles. The molecule has 1 amide bonds. The predicted octanol–water partition coefficient (Wildman–Crippen LogP) is 2.77. The topological polar surface area (TPSA) is 77.8 Å². The molecule has 0 fully saturated rings. The minimum Gasteiger partial charge on any atom is -0.361 e. The molecular formula is C14H11BrN4O. The first-order chi connectivity index (χ1) is 9.69. The van der Waals surface area contributed by atoms with Gasteiger partial charge in [0, 0.05) is 10.7 Å². The van der Waals surface area contributed by atoms with Gasteiger partial charge in [0.1, 0.15) is 11.9 Å². The summed E-state index contributed by atoms with van der Waals surface area (Å²) in [6, 6.07) is 12.7. The van der Waals surface area contributed by atoms with Gasteiger partial charge in [-0.1, -0.05) is 12.1 Å². The highest BCUT2D eigenvalue weighted by atomic mass is 79.9. The maximum absolute atomic E-state index is 11.8. The van der Waals surface area contributed by atoms with Crippen molar-refractivity contribution in [2.24, 2.45) is 0 Å². The molecule has 0 saturated carbocycles. The fraction of sp³-hybridized carbons (Fsp3) is 0.0714. The Bertz CT molecular complexity index is 649. The number of pyridine rings is 1. The number of amides is 1. The van der Waals surface area contributed by atoms with Crippen LogP contribution in [0.1, 0.15) is 5.56 Å². The van der Waals surface area contributed by atoms with Crippen LogP contribution in [-0.4, -0.2) is 17.4 Å². The third-order valence-corrected chi connectivity index (χ3v) is 3.16. The fourth-order valence-electron chi connectivity index (χ4n) is 1.49. The van der Waals surface area contributed by atoms with Gasteiger partial charge in [0.25, 0.3) is 0 Å². The number of aromatic nitrogens is 1. The van der Waals surface area contributed by atoms with Crippen LogP contribution >= 0.6 is 15.9 Å². The van der Waals surface area contributed by atoms with Crippen LogP contribution < -0.4 is 10.6 Å². The number of nitrogens with one attached hydrogen (secondary N) is 2. The molecular weight excluding hydrogens is 320 g/mol. The van der Waals surface area contributed by atoms with E-state index in [9.17, 15) is 4.79 Å². The molecule has 1 aromatic carbocycles. The Morgan fingerprint density at radius 3 is 2.75 bits per heavy atom. The molecule has 0 radical (unpaired) electrons. The molecule has 100 valence electrons. The Morgan fingerprint density at radius 2 is 2.10 bits per heavy atom. The number of hydrogen-bond donors (Lipinski definition) is 2. The molecule has 2 rings (SSSR count). The van der Waals surface area contributed by atoms with Crippen molar-refractivity contribution in [3.63, 3.8) is 0 Å². The van der Waals surface area contributed by atoms with Gasteiger partial charge in [-0.25, -0.2) is 4.98 Å². The zero-order valence-electron chi connectivity index (χ0n) is 10.4. The quantitative estimate of drug-likeness (QED) is 0.903. The summed E-state index contributed by atoms with van der Waals surface area (Å²) >= 11 is 3.36.